The van der Waals surface area contributed by atoms with E-state index in [2.05, 4.69) is 92.5 Å². The summed E-state index contributed by atoms with van der Waals surface area (Å²) >= 11 is 0. The standard InChI is InChI=1S/C36H30NO2.C11H8N.Ir/c1-4-9-23-14-16-27-31(17-23)38-33-20-29(28-19-30(37-21-22(28)3)25-11-7-6-8-12-25)34-26-15-13-24(10-5-2)18-32(26)39-36(34)35(27)33;1-2-6-10(7-3-1)11-8-4-5-9-12-11;/h6-8,11,13-21H,4-5,9-10H2,1-3H3;1-6,8-9H;/q2*-1;. The Morgan fingerprint density at radius 2 is 1.21 bits per heavy atom. The quantitative estimate of drug-likeness (QED) is 0.150. The molecular weight excluding hydrogens is 817 g/mol. The minimum atomic E-state index is 0. The summed E-state index contributed by atoms with van der Waals surface area (Å²) in [4.78, 5) is 8.96. The van der Waals surface area contributed by atoms with Crippen LogP contribution in [-0.4, -0.2) is 9.97 Å². The molecule has 5 heteroatoms. The van der Waals surface area contributed by atoms with Crippen molar-refractivity contribution in [3.63, 3.8) is 0 Å². The molecule has 0 N–H and O–H groups in total. The van der Waals surface area contributed by atoms with Gasteiger partial charge in [0.05, 0.1) is 5.39 Å². The molecule has 0 saturated heterocycles. The first-order chi connectivity index (χ1) is 25.1. The number of rotatable bonds is 7. The molecule has 0 aliphatic rings. The average Bonchev–Trinajstić information content (AvgIpc) is 3.74. The van der Waals surface area contributed by atoms with Gasteiger partial charge in [0.1, 0.15) is 22.3 Å². The number of pyridine rings is 2. The van der Waals surface area contributed by atoms with Crippen LogP contribution in [0, 0.1) is 19.1 Å². The first-order valence-electron chi connectivity index (χ1n) is 17.8. The van der Waals surface area contributed by atoms with Crippen molar-refractivity contribution >= 4 is 43.9 Å². The Balaban J connectivity index is 0.000000275. The molecule has 0 spiro atoms. The predicted molar refractivity (Wildman–Crippen MR) is 210 cm³/mol. The van der Waals surface area contributed by atoms with Gasteiger partial charge in [-0.3, -0.25) is 0 Å². The van der Waals surface area contributed by atoms with Gasteiger partial charge in [0.2, 0.25) is 0 Å². The average molecular weight is 855 g/mol. The number of fused-ring (bicyclic) bond motifs is 7. The largest absolute Gasteiger partial charge is 0.456 e. The Morgan fingerprint density at radius 1 is 0.577 bits per heavy atom. The number of furan rings is 2. The number of hydrogen-bond donors (Lipinski definition) is 0. The van der Waals surface area contributed by atoms with E-state index in [1.54, 1.807) is 6.20 Å². The molecule has 1 radical (unpaired) electrons. The van der Waals surface area contributed by atoms with Crippen molar-refractivity contribution in [3.05, 3.63) is 156 Å². The van der Waals surface area contributed by atoms with Crippen molar-refractivity contribution in [3.8, 4) is 33.6 Å². The van der Waals surface area contributed by atoms with Crippen LogP contribution in [0.3, 0.4) is 0 Å². The second-order valence-electron chi connectivity index (χ2n) is 13.0. The zero-order valence-electron chi connectivity index (χ0n) is 29.5. The SMILES string of the molecule is CCCc1ccc2c(c1)oc1c2c(-c2cc(-c3[c-]cccc3)ncc2C)cc2oc3cc(CCC)ccc3c21.[Ir].[c-]1ccccc1-c1ccccn1. The van der Waals surface area contributed by atoms with Crippen molar-refractivity contribution in [1.29, 1.82) is 0 Å². The molecule has 259 valence electrons. The zero-order valence-corrected chi connectivity index (χ0v) is 31.9. The number of aryl methyl sites for hydroxylation is 3. The fourth-order valence-electron chi connectivity index (χ4n) is 6.97. The van der Waals surface area contributed by atoms with E-state index in [0.29, 0.717) is 0 Å². The molecule has 0 atom stereocenters. The molecule has 0 bridgehead atoms. The Hall–Kier alpha value is -5.35. The summed E-state index contributed by atoms with van der Waals surface area (Å²) in [6, 6.07) is 45.8. The summed E-state index contributed by atoms with van der Waals surface area (Å²) in [6.45, 7) is 6.54. The van der Waals surface area contributed by atoms with E-state index in [4.69, 9.17) is 13.8 Å². The summed E-state index contributed by atoms with van der Waals surface area (Å²) in [5, 5.41) is 4.39. The number of hydrogen-bond acceptors (Lipinski definition) is 4. The van der Waals surface area contributed by atoms with E-state index in [1.165, 1.54) is 11.1 Å². The van der Waals surface area contributed by atoms with Crippen LogP contribution in [0.1, 0.15) is 43.4 Å². The minimum absolute atomic E-state index is 0. The second-order valence-corrected chi connectivity index (χ2v) is 13.0. The Labute approximate surface area is 317 Å². The minimum Gasteiger partial charge on any atom is -0.456 e. The van der Waals surface area contributed by atoms with Gasteiger partial charge in [-0.25, -0.2) is 0 Å². The van der Waals surface area contributed by atoms with Crippen molar-refractivity contribution in [2.75, 3.05) is 0 Å². The third kappa shape index (κ3) is 6.82. The third-order valence-corrected chi connectivity index (χ3v) is 9.41. The molecule has 9 aromatic rings. The Kier molecular flexibility index (Phi) is 10.4. The molecule has 0 aliphatic carbocycles. The van der Waals surface area contributed by atoms with Crippen LogP contribution in [-0.2, 0) is 32.9 Å². The molecule has 9 rings (SSSR count). The topological polar surface area (TPSA) is 52.1 Å². The maximum absolute atomic E-state index is 6.73. The first kappa shape index (κ1) is 35.1. The van der Waals surface area contributed by atoms with Crippen LogP contribution in [0.5, 0.6) is 0 Å². The van der Waals surface area contributed by atoms with Gasteiger partial charge >= 0.3 is 0 Å². The van der Waals surface area contributed by atoms with Gasteiger partial charge in [0.25, 0.3) is 0 Å². The van der Waals surface area contributed by atoms with E-state index < -0.39 is 0 Å². The zero-order chi connectivity index (χ0) is 34.7. The monoisotopic (exact) mass is 855 g/mol. The van der Waals surface area contributed by atoms with E-state index in [0.717, 1.165) is 109 Å². The fraction of sp³-hybridized carbons (Fsp3) is 0.149. The van der Waals surface area contributed by atoms with Gasteiger partial charge in [-0.1, -0.05) is 69.2 Å². The fourth-order valence-corrected chi connectivity index (χ4v) is 6.97. The van der Waals surface area contributed by atoms with E-state index in [9.17, 15) is 0 Å². The summed E-state index contributed by atoms with van der Waals surface area (Å²) in [7, 11) is 0. The van der Waals surface area contributed by atoms with Crippen molar-refractivity contribution < 1.29 is 28.9 Å². The molecule has 4 aromatic heterocycles. The molecule has 52 heavy (non-hydrogen) atoms. The first-order valence-corrected chi connectivity index (χ1v) is 17.8. The normalized spacial score (nSPS) is 11.1. The molecule has 0 amide bonds. The molecule has 0 aliphatic heterocycles. The van der Waals surface area contributed by atoms with Crippen LogP contribution in [0.2, 0.25) is 0 Å². The molecule has 5 aromatic carbocycles. The second kappa shape index (κ2) is 15.5. The van der Waals surface area contributed by atoms with Crippen LogP contribution >= 0.6 is 0 Å². The molecule has 0 unspecified atom stereocenters. The Bertz CT molecular complexity index is 2570. The number of aromatic nitrogens is 2. The predicted octanol–water partition coefficient (Wildman–Crippen LogP) is 12.8. The van der Waals surface area contributed by atoms with Gasteiger partial charge in [-0.2, -0.15) is 0 Å². The van der Waals surface area contributed by atoms with E-state index >= 15 is 0 Å². The third-order valence-electron chi connectivity index (χ3n) is 9.41. The molecular formula is C47H38IrN2O2-2. The number of nitrogens with zero attached hydrogens (tertiary/aromatic N) is 2. The molecule has 0 fully saturated rings. The number of benzene rings is 5. The maximum atomic E-state index is 6.73. The van der Waals surface area contributed by atoms with Gasteiger partial charge in [-0.05, 0) is 83.2 Å². The maximum Gasteiger partial charge on any atom is 0.147 e. The van der Waals surface area contributed by atoms with Gasteiger partial charge < -0.3 is 18.8 Å². The van der Waals surface area contributed by atoms with Crippen LogP contribution in [0.4, 0.5) is 0 Å². The van der Waals surface area contributed by atoms with Crippen molar-refractivity contribution in [2.24, 2.45) is 0 Å². The Morgan fingerprint density at radius 3 is 1.83 bits per heavy atom. The molecule has 4 heterocycles. The van der Waals surface area contributed by atoms with Crippen molar-refractivity contribution in [1.82, 2.24) is 9.97 Å². The summed E-state index contributed by atoms with van der Waals surface area (Å²) < 4.78 is 13.3. The van der Waals surface area contributed by atoms with Crippen LogP contribution < -0.4 is 0 Å². The van der Waals surface area contributed by atoms with Crippen LogP contribution in [0.15, 0.2) is 136 Å². The van der Waals surface area contributed by atoms with Gasteiger partial charge in [0.15, 0.2) is 0 Å². The summed E-state index contributed by atoms with van der Waals surface area (Å²) in [5.41, 5.74) is 13.4. The van der Waals surface area contributed by atoms with Crippen LogP contribution in [0.25, 0.3) is 77.5 Å². The van der Waals surface area contributed by atoms with Gasteiger partial charge in [0, 0.05) is 48.7 Å². The van der Waals surface area contributed by atoms with E-state index in [-0.39, 0.29) is 20.1 Å². The van der Waals surface area contributed by atoms with Crippen molar-refractivity contribution in [2.45, 2.75) is 46.5 Å². The summed E-state index contributed by atoms with van der Waals surface area (Å²) in [5.74, 6) is 0. The van der Waals surface area contributed by atoms with E-state index in [1.807, 2.05) is 66.9 Å². The molecule has 0 saturated carbocycles. The molecule has 4 nitrogen and oxygen atoms in total. The van der Waals surface area contributed by atoms with Gasteiger partial charge in [-0.15, -0.1) is 71.8 Å². The smallest absolute Gasteiger partial charge is 0.147 e. The summed E-state index contributed by atoms with van der Waals surface area (Å²) in [6.07, 6.45) is 8.02.